The Kier molecular flexibility index (Phi) is 6.96. The quantitative estimate of drug-likeness (QED) is 0.763. The van der Waals surface area contributed by atoms with Crippen molar-refractivity contribution in [3.8, 4) is 0 Å². The summed E-state index contributed by atoms with van der Waals surface area (Å²) in [5, 5.41) is 4.01. The molecule has 0 radical (unpaired) electrons. The zero-order chi connectivity index (χ0) is 18.2. The highest BCUT2D eigenvalue weighted by molar-refractivity contribution is 7.89. The molecule has 26 heavy (non-hydrogen) atoms. The monoisotopic (exact) mass is 421 g/mol. The molecule has 0 spiro atoms. The molecule has 1 aromatic carbocycles. The summed E-state index contributed by atoms with van der Waals surface area (Å²) in [6, 6.07) is 6.16. The molecule has 3 atom stereocenters. The maximum atomic E-state index is 12.7. The summed E-state index contributed by atoms with van der Waals surface area (Å²) in [6.45, 7) is 1.59. The molecule has 0 saturated carbocycles. The highest BCUT2D eigenvalue weighted by Crippen LogP contribution is 2.29. The second-order valence-corrected chi connectivity index (χ2v) is 9.16. The predicted molar refractivity (Wildman–Crippen MR) is 104 cm³/mol. The van der Waals surface area contributed by atoms with Crippen LogP contribution in [0.4, 0.5) is 0 Å². The van der Waals surface area contributed by atoms with E-state index in [1.807, 2.05) is 0 Å². The van der Waals surface area contributed by atoms with Crippen LogP contribution in [0, 0.1) is 0 Å². The second kappa shape index (κ2) is 8.44. The topological polar surface area (TPSA) is 78.5 Å². The van der Waals surface area contributed by atoms with Crippen LogP contribution < -0.4 is 10.0 Å². The van der Waals surface area contributed by atoms with E-state index in [0.717, 1.165) is 25.7 Å². The lowest BCUT2D eigenvalue weighted by atomic mass is 9.98. The Morgan fingerprint density at radius 3 is 2.31 bits per heavy atom. The van der Waals surface area contributed by atoms with Gasteiger partial charge in [-0.3, -0.25) is 4.79 Å². The zero-order valence-corrected chi connectivity index (χ0v) is 17.2. The fourth-order valence-corrected chi connectivity index (χ4v) is 5.12. The molecule has 3 rings (SSSR count). The normalized spacial score (nSPS) is 26.0. The van der Waals surface area contributed by atoms with Gasteiger partial charge in [-0.15, -0.1) is 12.4 Å². The van der Waals surface area contributed by atoms with Gasteiger partial charge in [0.1, 0.15) is 0 Å². The molecular formula is C17H25Cl2N3O3S. The molecule has 2 bridgehead atoms. The van der Waals surface area contributed by atoms with Gasteiger partial charge in [0.15, 0.2) is 0 Å². The molecule has 2 saturated heterocycles. The van der Waals surface area contributed by atoms with Gasteiger partial charge >= 0.3 is 0 Å². The standard InChI is InChI=1S/C17H24ClN3O3S.ClH/c1-11(20-25(23,24)16-7-3-12(18)4-8-16)17(22)21(2)15-9-13-5-6-14(10-15)19-13;/h3-4,7-8,11,13-15,19-20H,5-6,9-10H2,1-2H3;1H. The summed E-state index contributed by atoms with van der Waals surface area (Å²) >= 11 is 5.79. The number of piperidine rings is 1. The van der Waals surface area contributed by atoms with E-state index in [9.17, 15) is 13.2 Å². The molecule has 2 aliphatic rings. The van der Waals surface area contributed by atoms with E-state index < -0.39 is 16.1 Å². The number of amides is 1. The lowest BCUT2D eigenvalue weighted by Crippen LogP contribution is -2.53. The molecule has 0 aromatic heterocycles. The van der Waals surface area contributed by atoms with Crippen LogP contribution in [0.2, 0.25) is 5.02 Å². The smallest absolute Gasteiger partial charge is 0.241 e. The van der Waals surface area contributed by atoms with E-state index >= 15 is 0 Å². The third-order valence-corrected chi connectivity index (χ3v) is 6.98. The van der Waals surface area contributed by atoms with E-state index in [0.29, 0.717) is 17.1 Å². The Morgan fingerprint density at radius 2 is 1.77 bits per heavy atom. The first-order valence-corrected chi connectivity index (χ1v) is 10.4. The van der Waals surface area contributed by atoms with Crippen LogP contribution in [0.15, 0.2) is 29.2 Å². The van der Waals surface area contributed by atoms with Gasteiger partial charge in [0.25, 0.3) is 0 Å². The molecule has 146 valence electrons. The van der Waals surface area contributed by atoms with Crippen LogP contribution in [0.3, 0.4) is 0 Å². The molecule has 2 aliphatic heterocycles. The van der Waals surface area contributed by atoms with E-state index in [2.05, 4.69) is 10.0 Å². The molecule has 3 unspecified atom stereocenters. The first-order valence-electron chi connectivity index (χ1n) is 8.57. The number of fused-ring (bicyclic) bond motifs is 2. The van der Waals surface area contributed by atoms with E-state index in [4.69, 9.17) is 11.6 Å². The lowest BCUT2D eigenvalue weighted by molar-refractivity contribution is -0.134. The number of halogens is 2. The van der Waals surface area contributed by atoms with E-state index in [1.165, 1.54) is 24.3 Å². The summed E-state index contributed by atoms with van der Waals surface area (Å²) in [5.41, 5.74) is 0. The summed E-state index contributed by atoms with van der Waals surface area (Å²) < 4.78 is 27.3. The van der Waals surface area contributed by atoms with Crippen LogP contribution in [0.1, 0.15) is 32.6 Å². The number of benzene rings is 1. The Bertz CT molecular complexity index is 730. The number of nitrogens with zero attached hydrogens (tertiary/aromatic N) is 1. The van der Waals surface area contributed by atoms with Gasteiger partial charge in [-0.2, -0.15) is 4.72 Å². The van der Waals surface area contributed by atoms with Crippen LogP contribution in [0.25, 0.3) is 0 Å². The van der Waals surface area contributed by atoms with Crippen LogP contribution in [0.5, 0.6) is 0 Å². The largest absolute Gasteiger partial charge is 0.341 e. The Hall–Kier alpha value is -0.860. The average molecular weight is 422 g/mol. The first kappa shape index (κ1) is 21.4. The molecular weight excluding hydrogens is 397 g/mol. The minimum Gasteiger partial charge on any atom is -0.341 e. The molecule has 6 nitrogen and oxygen atoms in total. The average Bonchev–Trinajstić information content (AvgIpc) is 2.91. The van der Waals surface area contributed by atoms with Gasteiger partial charge in [-0.05, 0) is 56.9 Å². The Labute approximate surface area is 166 Å². The van der Waals surface area contributed by atoms with Crippen LogP contribution in [-0.2, 0) is 14.8 Å². The maximum absolute atomic E-state index is 12.7. The van der Waals surface area contributed by atoms with E-state index in [-0.39, 0.29) is 29.3 Å². The number of rotatable bonds is 5. The fourth-order valence-electron chi connectivity index (χ4n) is 3.79. The highest BCUT2D eigenvalue weighted by Gasteiger charge is 2.37. The number of carbonyl (C=O) groups excluding carboxylic acids is 1. The molecule has 9 heteroatoms. The van der Waals surface area contributed by atoms with E-state index in [1.54, 1.807) is 18.9 Å². The first-order chi connectivity index (χ1) is 11.8. The van der Waals surface area contributed by atoms with Crippen molar-refractivity contribution < 1.29 is 13.2 Å². The summed E-state index contributed by atoms with van der Waals surface area (Å²) in [5.74, 6) is -0.205. The molecule has 2 heterocycles. The minimum atomic E-state index is -3.76. The predicted octanol–water partition coefficient (Wildman–Crippen LogP) is 2.17. The van der Waals surface area contributed by atoms with Gasteiger partial charge in [-0.1, -0.05) is 11.6 Å². The van der Waals surface area contributed by atoms with Gasteiger partial charge in [0, 0.05) is 30.2 Å². The van der Waals surface area contributed by atoms with Gasteiger partial charge in [-0.25, -0.2) is 8.42 Å². The molecule has 1 aromatic rings. The third-order valence-electron chi connectivity index (χ3n) is 5.17. The summed E-state index contributed by atoms with van der Waals surface area (Å²) in [4.78, 5) is 14.5. The Morgan fingerprint density at radius 1 is 1.23 bits per heavy atom. The number of sulfonamides is 1. The number of carbonyl (C=O) groups is 1. The maximum Gasteiger partial charge on any atom is 0.241 e. The molecule has 2 fully saturated rings. The number of hydrogen-bond acceptors (Lipinski definition) is 4. The summed E-state index contributed by atoms with van der Waals surface area (Å²) in [7, 11) is -1.99. The number of likely N-dealkylation sites (N-methyl/N-ethyl adjacent to an activating group) is 1. The summed E-state index contributed by atoms with van der Waals surface area (Å²) in [6.07, 6.45) is 4.16. The van der Waals surface area contributed by atoms with Crippen molar-refractivity contribution >= 4 is 39.9 Å². The second-order valence-electron chi connectivity index (χ2n) is 7.01. The van der Waals surface area contributed by atoms with Crippen molar-refractivity contribution in [1.82, 2.24) is 14.9 Å². The van der Waals surface area contributed by atoms with Crippen molar-refractivity contribution in [2.75, 3.05) is 7.05 Å². The highest BCUT2D eigenvalue weighted by atomic mass is 35.5. The minimum absolute atomic E-state index is 0. The van der Waals surface area contributed by atoms with Gasteiger partial charge < -0.3 is 10.2 Å². The van der Waals surface area contributed by atoms with Crippen LogP contribution in [-0.4, -0.2) is 50.4 Å². The van der Waals surface area contributed by atoms with Crippen molar-refractivity contribution in [2.24, 2.45) is 0 Å². The molecule has 0 aliphatic carbocycles. The number of hydrogen-bond donors (Lipinski definition) is 2. The van der Waals surface area contributed by atoms with Crippen molar-refractivity contribution in [2.45, 2.75) is 61.7 Å². The lowest BCUT2D eigenvalue weighted by Gasteiger charge is -2.36. The van der Waals surface area contributed by atoms with Gasteiger partial charge in [0.2, 0.25) is 15.9 Å². The van der Waals surface area contributed by atoms with Crippen LogP contribution >= 0.6 is 24.0 Å². The Balaban J connectivity index is 0.00000243. The fraction of sp³-hybridized carbons (Fsp3) is 0.588. The van der Waals surface area contributed by atoms with Gasteiger partial charge in [0.05, 0.1) is 10.9 Å². The third kappa shape index (κ3) is 4.70. The zero-order valence-electron chi connectivity index (χ0n) is 14.8. The molecule has 1 amide bonds. The van der Waals surface area contributed by atoms with Crippen molar-refractivity contribution in [3.63, 3.8) is 0 Å². The number of nitrogens with one attached hydrogen (secondary N) is 2. The SMILES string of the molecule is CC(NS(=O)(=O)c1ccc(Cl)cc1)C(=O)N(C)C1CC2CCC(C1)N2.Cl. The van der Waals surface area contributed by atoms with Crippen molar-refractivity contribution in [1.29, 1.82) is 0 Å². The molecule has 2 N–H and O–H groups in total. The van der Waals surface area contributed by atoms with Crippen molar-refractivity contribution in [3.05, 3.63) is 29.3 Å².